The lowest BCUT2D eigenvalue weighted by Crippen LogP contribution is -2.31. The van der Waals surface area contributed by atoms with E-state index in [2.05, 4.69) is 5.43 Å². The Morgan fingerprint density at radius 3 is 2.11 bits per heavy atom. The molecule has 2 aromatic carbocycles. The Hall–Kier alpha value is -1.92. The summed E-state index contributed by atoms with van der Waals surface area (Å²) in [6.07, 6.45) is 0. The summed E-state index contributed by atoms with van der Waals surface area (Å²) in [7, 11) is 0. The molecule has 0 saturated heterocycles. The molecular formula is C13H10F4N2. The van der Waals surface area contributed by atoms with Gasteiger partial charge in [0.15, 0.2) is 0 Å². The van der Waals surface area contributed by atoms with Gasteiger partial charge in [-0.3, -0.25) is 5.84 Å². The molecule has 6 heteroatoms. The quantitative estimate of drug-likeness (QED) is 0.511. The van der Waals surface area contributed by atoms with Crippen molar-refractivity contribution in [1.82, 2.24) is 5.43 Å². The Kier molecular flexibility index (Phi) is 3.82. The normalized spacial score (nSPS) is 12.5. The minimum absolute atomic E-state index is 0.272. The summed E-state index contributed by atoms with van der Waals surface area (Å²) in [5.74, 6) is 1.89. The number of hydrazine groups is 1. The third-order valence-corrected chi connectivity index (χ3v) is 2.72. The van der Waals surface area contributed by atoms with Crippen LogP contribution in [0.2, 0.25) is 0 Å². The maximum Gasteiger partial charge on any atom is 0.131 e. The lowest BCUT2D eigenvalue weighted by molar-refractivity contribution is 0.491. The van der Waals surface area contributed by atoms with E-state index in [-0.39, 0.29) is 5.56 Å². The SMILES string of the molecule is NNC(c1cc(F)ccc1F)c1c(F)cccc1F. The smallest absolute Gasteiger partial charge is 0.131 e. The third kappa shape index (κ3) is 2.59. The molecule has 19 heavy (non-hydrogen) atoms. The molecule has 0 aliphatic rings. The molecule has 0 fully saturated rings. The molecule has 1 atom stereocenters. The van der Waals surface area contributed by atoms with Crippen molar-refractivity contribution >= 4 is 0 Å². The Labute approximate surface area is 106 Å². The zero-order chi connectivity index (χ0) is 14.0. The first-order chi connectivity index (χ1) is 9.04. The molecule has 2 aromatic rings. The lowest BCUT2D eigenvalue weighted by atomic mass is 9.97. The van der Waals surface area contributed by atoms with Crippen LogP contribution in [0, 0.1) is 23.3 Å². The van der Waals surface area contributed by atoms with Crippen LogP contribution in [0.4, 0.5) is 17.6 Å². The highest BCUT2D eigenvalue weighted by Crippen LogP contribution is 2.28. The van der Waals surface area contributed by atoms with Gasteiger partial charge in [-0.2, -0.15) is 0 Å². The summed E-state index contributed by atoms with van der Waals surface area (Å²) >= 11 is 0. The van der Waals surface area contributed by atoms with Crippen LogP contribution in [0.15, 0.2) is 36.4 Å². The molecule has 0 saturated carbocycles. The first-order valence-electron chi connectivity index (χ1n) is 5.39. The largest absolute Gasteiger partial charge is 0.271 e. The average Bonchev–Trinajstić information content (AvgIpc) is 2.37. The fourth-order valence-electron chi connectivity index (χ4n) is 1.85. The molecule has 3 N–H and O–H groups in total. The highest BCUT2D eigenvalue weighted by Gasteiger charge is 2.23. The predicted molar refractivity (Wildman–Crippen MR) is 61.9 cm³/mol. The Balaban J connectivity index is 2.59. The molecule has 0 aliphatic carbocycles. The van der Waals surface area contributed by atoms with Crippen LogP contribution >= 0.6 is 0 Å². The second-order valence-corrected chi connectivity index (χ2v) is 3.90. The van der Waals surface area contributed by atoms with Crippen molar-refractivity contribution in [3.63, 3.8) is 0 Å². The molecule has 0 amide bonds. The molecule has 0 aliphatic heterocycles. The zero-order valence-corrected chi connectivity index (χ0v) is 9.63. The number of halogens is 4. The van der Waals surface area contributed by atoms with Crippen molar-refractivity contribution < 1.29 is 17.6 Å². The average molecular weight is 270 g/mol. The topological polar surface area (TPSA) is 38.0 Å². The van der Waals surface area contributed by atoms with Crippen molar-refractivity contribution in [3.05, 3.63) is 70.8 Å². The number of hydrogen-bond acceptors (Lipinski definition) is 2. The molecule has 0 heterocycles. The molecule has 0 spiro atoms. The van der Waals surface area contributed by atoms with Gasteiger partial charge in [0, 0.05) is 11.1 Å². The number of hydrogen-bond donors (Lipinski definition) is 2. The number of nitrogens with one attached hydrogen (secondary N) is 1. The van der Waals surface area contributed by atoms with Crippen LogP contribution in [-0.2, 0) is 0 Å². The number of benzene rings is 2. The van der Waals surface area contributed by atoms with E-state index in [0.29, 0.717) is 0 Å². The van der Waals surface area contributed by atoms with Gasteiger partial charge >= 0.3 is 0 Å². The van der Waals surface area contributed by atoms with Gasteiger partial charge in [0.1, 0.15) is 23.3 Å². The first-order valence-corrected chi connectivity index (χ1v) is 5.39. The van der Waals surface area contributed by atoms with Crippen molar-refractivity contribution in [2.75, 3.05) is 0 Å². The molecule has 2 nitrogen and oxygen atoms in total. The molecular weight excluding hydrogens is 260 g/mol. The van der Waals surface area contributed by atoms with Crippen LogP contribution in [0.25, 0.3) is 0 Å². The second kappa shape index (κ2) is 5.38. The van der Waals surface area contributed by atoms with Crippen molar-refractivity contribution in [3.8, 4) is 0 Å². The molecule has 100 valence electrons. The van der Waals surface area contributed by atoms with Crippen LogP contribution in [0.3, 0.4) is 0 Å². The van der Waals surface area contributed by atoms with Crippen molar-refractivity contribution in [1.29, 1.82) is 0 Å². The second-order valence-electron chi connectivity index (χ2n) is 3.90. The van der Waals surface area contributed by atoms with E-state index in [1.807, 2.05) is 0 Å². The zero-order valence-electron chi connectivity index (χ0n) is 9.63. The van der Waals surface area contributed by atoms with Gasteiger partial charge in [-0.15, -0.1) is 0 Å². The van der Waals surface area contributed by atoms with Gasteiger partial charge < -0.3 is 0 Å². The van der Waals surface area contributed by atoms with Gasteiger partial charge in [0.05, 0.1) is 6.04 Å². The van der Waals surface area contributed by atoms with Gasteiger partial charge in [-0.05, 0) is 30.3 Å². The monoisotopic (exact) mass is 270 g/mol. The number of rotatable bonds is 3. The Morgan fingerprint density at radius 2 is 1.53 bits per heavy atom. The van der Waals surface area contributed by atoms with E-state index in [0.717, 1.165) is 30.3 Å². The van der Waals surface area contributed by atoms with Crippen LogP contribution in [0.1, 0.15) is 17.2 Å². The van der Waals surface area contributed by atoms with E-state index in [9.17, 15) is 17.6 Å². The van der Waals surface area contributed by atoms with E-state index in [1.165, 1.54) is 6.07 Å². The van der Waals surface area contributed by atoms with Gasteiger partial charge in [0.25, 0.3) is 0 Å². The molecule has 0 aromatic heterocycles. The number of nitrogens with two attached hydrogens (primary N) is 1. The fraction of sp³-hybridized carbons (Fsp3) is 0.0769. The summed E-state index contributed by atoms with van der Waals surface area (Å²) in [4.78, 5) is 0. The minimum atomic E-state index is -1.32. The predicted octanol–water partition coefficient (Wildman–Crippen LogP) is 2.80. The van der Waals surface area contributed by atoms with Crippen LogP contribution in [-0.4, -0.2) is 0 Å². The maximum atomic E-state index is 13.7. The highest BCUT2D eigenvalue weighted by molar-refractivity contribution is 5.34. The van der Waals surface area contributed by atoms with E-state index in [1.54, 1.807) is 0 Å². The van der Waals surface area contributed by atoms with Gasteiger partial charge in [-0.1, -0.05) is 6.07 Å². The Bertz CT molecular complexity index is 581. The summed E-state index contributed by atoms with van der Waals surface area (Å²) < 4.78 is 54.1. The van der Waals surface area contributed by atoms with E-state index >= 15 is 0 Å². The van der Waals surface area contributed by atoms with Crippen LogP contribution in [0.5, 0.6) is 0 Å². The molecule has 2 rings (SSSR count). The summed E-state index contributed by atoms with van der Waals surface area (Å²) in [6, 6.07) is 4.49. The van der Waals surface area contributed by atoms with Crippen molar-refractivity contribution in [2.45, 2.75) is 6.04 Å². The fourth-order valence-corrected chi connectivity index (χ4v) is 1.85. The molecule has 1 unspecified atom stereocenters. The lowest BCUT2D eigenvalue weighted by Gasteiger charge is -2.18. The summed E-state index contributed by atoms with van der Waals surface area (Å²) in [6.45, 7) is 0. The summed E-state index contributed by atoms with van der Waals surface area (Å²) in [5.41, 5.74) is 1.36. The minimum Gasteiger partial charge on any atom is -0.271 e. The maximum absolute atomic E-state index is 13.7. The molecule has 0 radical (unpaired) electrons. The van der Waals surface area contributed by atoms with Crippen LogP contribution < -0.4 is 11.3 Å². The summed E-state index contributed by atoms with van der Waals surface area (Å²) in [5, 5.41) is 0. The van der Waals surface area contributed by atoms with E-state index < -0.39 is 34.9 Å². The van der Waals surface area contributed by atoms with E-state index in [4.69, 9.17) is 5.84 Å². The highest BCUT2D eigenvalue weighted by atomic mass is 19.1. The molecule has 0 bridgehead atoms. The third-order valence-electron chi connectivity index (χ3n) is 2.72. The van der Waals surface area contributed by atoms with Gasteiger partial charge in [-0.25, -0.2) is 23.0 Å². The van der Waals surface area contributed by atoms with Gasteiger partial charge in [0.2, 0.25) is 0 Å². The standard InChI is InChI=1S/C13H10F4N2/c14-7-4-5-9(15)8(6-7)13(19-18)12-10(16)2-1-3-11(12)17/h1-6,13,19H,18H2. The first kappa shape index (κ1) is 13.5. The Morgan fingerprint density at radius 1 is 0.895 bits per heavy atom. The van der Waals surface area contributed by atoms with Crippen molar-refractivity contribution in [2.24, 2.45) is 5.84 Å².